The molecule has 4 rings (SSSR count). The lowest BCUT2D eigenvalue weighted by molar-refractivity contribution is 0.136. The van der Waals surface area contributed by atoms with Crippen LogP contribution in [-0.2, 0) is 6.54 Å². The Balaban J connectivity index is 1.57. The van der Waals surface area contributed by atoms with Crippen LogP contribution < -0.4 is 4.90 Å². The molecule has 0 radical (unpaired) electrons. The third kappa shape index (κ3) is 3.24. The fraction of sp³-hybridized carbons (Fsp3) is 0.471. The Kier molecular flexibility index (Phi) is 4.65. The van der Waals surface area contributed by atoms with Gasteiger partial charge in [-0.25, -0.2) is 4.98 Å². The Bertz CT molecular complexity index is 835. The number of anilines is 1. The molecule has 1 saturated heterocycles. The van der Waals surface area contributed by atoms with Crippen molar-refractivity contribution in [3.63, 3.8) is 0 Å². The van der Waals surface area contributed by atoms with E-state index in [0.29, 0.717) is 5.71 Å². The average molecular weight is 359 g/mol. The summed E-state index contributed by atoms with van der Waals surface area (Å²) in [5.74, 6) is 0.877. The fourth-order valence-electron chi connectivity index (χ4n) is 3.46. The lowest BCUT2D eigenvalue weighted by Crippen LogP contribution is -2.53. The van der Waals surface area contributed by atoms with Crippen molar-refractivity contribution in [2.45, 2.75) is 25.9 Å². The molecule has 3 aromatic rings. The van der Waals surface area contributed by atoms with E-state index in [2.05, 4.69) is 42.4 Å². The van der Waals surface area contributed by atoms with E-state index in [9.17, 15) is 5.11 Å². The second kappa shape index (κ2) is 7.07. The van der Waals surface area contributed by atoms with Crippen LogP contribution in [0.2, 0.25) is 0 Å². The SMILES string of the molecule is Cc1noc2ncnc(N3CCN(Cc4cccs4)[C@H](CCO)C3)c12. The fourth-order valence-corrected chi connectivity index (χ4v) is 4.19. The van der Waals surface area contributed by atoms with Gasteiger partial charge in [-0.2, -0.15) is 4.98 Å². The summed E-state index contributed by atoms with van der Waals surface area (Å²) in [5, 5.41) is 16.5. The van der Waals surface area contributed by atoms with Crippen LogP contribution in [0.25, 0.3) is 11.1 Å². The quantitative estimate of drug-likeness (QED) is 0.747. The zero-order chi connectivity index (χ0) is 17.2. The molecule has 3 aromatic heterocycles. The molecule has 132 valence electrons. The molecule has 0 aromatic carbocycles. The molecule has 1 N–H and O–H groups in total. The molecular weight excluding hydrogens is 338 g/mol. The van der Waals surface area contributed by atoms with E-state index in [1.807, 2.05) is 6.92 Å². The van der Waals surface area contributed by atoms with Crippen LogP contribution in [0, 0.1) is 6.92 Å². The van der Waals surface area contributed by atoms with Crippen LogP contribution in [0.15, 0.2) is 28.4 Å². The smallest absolute Gasteiger partial charge is 0.263 e. The number of fused-ring (bicyclic) bond motifs is 1. The normalized spacial score (nSPS) is 19.0. The number of nitrogens with zero attached hydrogens (tertiary/aromatic N) is 5. The number of hydrogen-bond acceptors (Lipinski definition) is 8. The van der Waals surface area contributed by atoms with E-state index in [1.165, 1.54) is 11.2 Å². The summed E-state index contributed by atoms with van der Waals surface area (Å²) >= 11 is 1.78. The maximum Gasteiger partial charge on any atom is 0.263 e. The van der Waals surface area contributed by atoms with Gasteiger partial charge in [0.1, 0.15) is 17.5 Å². The number of aliphatic hydroxyl groups excluding tert-OH is 1. The maximum absolute atomic E-state index is 9.51. The van der Waals surface area contributed by atoms with Crippen LogP contribution in [-0.4, -0.2) is 57.4 Å². The molecule has 7 nitrogen and oxygen atoms in total. The average Bonchev–Trinajstić information content (AvgIpc) is 3.27. The minimum Gasteiger partial charge on any atom is -0.396 e. The van der Waals surface area contributed by atoms with E-state index in [1.54, 1.807) is 11.3 Å². The van der Waals surface area contributed by atoms with Gasteiger partial charge in [0.2, 0.25) is 0 Å². The van der Waals surface area contributed by atoms with Gasteiger partial charge in [-0.3, -0.25) is 4.90 Å². The topological polar surface area (TPSA) is 78.5 Å². The summed E-state index contributed by atoms with van der Waals surface area (Å²) in [6.45, 7) is 5.66. The van der Waals surface area contributed by atoms with Gasteiger partial charge < -0.3 is 14.5 Å². The first-order chi connectivity index (χ1) is 12.3. The molecule has 25 heavy (non-hydrogen) atoms. The molecule has 0 bridgehead atoms. The highest BCUT2D eigenvalue weighted by molar-refractivity contribution is 7.09. The molecule has 4 heterocycles. The summed E-state index contributed by atoms with van der Waals surface area (Å²) in [6, 6.07) is 4.54. The van der Waals surface area contributed by atoms with Gasteiger partial charge in [0.05, 0.1) is 5.69 Å². The highest BCUT2D eigenvalue weighted by Gasteiger charge is 2.29. The number of piperazine rings is 1. The molecule has 0 spiro atoms. The van der Waals surface area contributed by atoms with Crippen LogP contribution in [0.5, 0.6) is 0 Å². The standard InChI is InChI=1S/C17H21N5O2S/c1-12-15-16(18-11-19-17(15)24-20-12)22-6-5-21(13(9-22)4-7-23)10-14-3-2-8-25-14/h2-3,8,11,13,23H,4-7,9-10H2,1H3/t13-/m1/s1. The highest BCUT2D eigenvalue weighted by atomic mass is 32.1. The summed E-state index contributed by atoms with van der Waals surface area (Å²) in [6.07, 6.45) is 2.28. The zero-order valence-electron chi connectivity index (χ0n) is 14.1. The largest absolute Gasteiger partial charge is 0.396 e. The van der Waals surface area contributed by atoms with Crippen molar-refractivity contribution >= 4 is 28.3 Å². The number of aryl methyl sites for hydroxylation is 1. The number of rotatable bonds is 5. The first-order valence-electron chi connectivity index (χ1n) is 8.45. The van der Waals surface area contributed by atoms with Gasteiger partial charge in [-0.1, -0.05) is 11.2 Å². The van der Waals surface area contributed by atoms with Gasteiger partial charge in [0, 0.05) is 43.7 Å². The maximum atomic E-state index is 9.51. The number of aromatic nitrogens is 3. The van der Waals surface area contributed by atoms with Gasteiger partial charge in [-0.05, 0) is 24.8 Å². The van der Waals surface area contributed by atoms with Crippen LogP contribution >= 0.6 is 11.3 Å². The van der Waals surface area contributed by atoms with Crippen molar-refractivity contribution in [2.24, 2.45) is 0 Å². The van der Waals surface area contributed by atoms with Gasteiger partial charge in [0.15, 0.2) is 0 Å². The van der Waals surface area contributed by atoms with Crippen molar-refractivity contribution in [1.82, 2.24) is 20.0 Å². The molecule has 0 amide bonds. The van der Waals surface area contributed by atoms with Crippen molar-refractivity contribution in [2.75, 3.05) is 31.1 Å². The van der Waals surface area contributed by atoms with Crippen molar-refractivity contribution in [3.8, 4) is 0 Å². The molecule has 1 atom stereocenters. The Morgan fingerprint density at radius 1 is 1.36 bits per heavy atom. The lowest BCUT2D eigenvalue weighted by Gasteiger charge is -2.41. The van der Waals surface area contributed by atoms with Crippen LogP contribution in [0.3, 0.4) is 0 Å². The minimum atomic E-state index is 0.185. The van der Waals surface area contributed by atoms with E-state index in [4.69, 9.17) is 4.52 Å². The second-order valence-corrected chi connectivity index (χ2v) is 7.34. The zero-order valence-corrected chi connectivity index (χ0v) is 14.9. The number of thiophene rings is 1. The first-order valence-corrected chi connectivity index (χ1v) is 9.33. The molecule has 8 heteroatoms. The van der Waals surface area contributed by atoms with E-state index >= 15 is 0 Å². The van der Waals surface area contributed by atoms with E-state index in [-0.39, 0.29) is 12.6 Å². The van der Waals surface area contributed by atoms with Crippen LogP contribution in [0.1, 0.15) is 17.0 Å². The predicted octanol–water partition coefficient (Wildman–Crippen LogP) is 2.06. The highest BCUT2D eigenvalue weighted by Crippen LogP contribution is 2.28. The Hall–Kier alpha value is -2.03. The number of hydrogen-bond donors (Lipinski definition) is 1. The lowest BCUT2D eigenvalue weighted by atomic mass is 10.1. The van der Waals surface area contributed by atoms with E-state index < -0.39 is 0 Å². The van der Waals surface area contributed by atoms with E-state index in [0.717, 1.165) is 49.5 Å². The van der Waals surface area contributed by atoms with Gasteiger partial charge >= 0.3 is 0 Å². The first kappa shape index (κ1) is 16.4. The number of aliphatic hydroxyl groups is 1. The summed E-state index contributed by atoms with van der Waals surface area (Å²) < 4.78 is 5.27. The Labute approximate surface area is 149 Å². The molecule has 1 fully saturated rings. The molecular formula is C17H21N5O2S. The van der Waals surface area contributed by atoms with Crippen molar-refractivity contribution in [1.29, 1.82) is 0 Å². The Morgan fingerprint density at radius 3 is 3.08 bits per heavy atom. The summed E-state index contributed by atoms with van der Waals surface area (Å²) in [7, 11) is 0. The third-order valence-electron chi connectivity index (χ3n) is 4.73. The molecule has 1 aliphatic heterocycles. The molecule has 1 aliphatic rings. The summed E-state index contributed by atoms with van der Waals surface area (Å²) in [4.78, 5) is 14.7. The second-order valence-electron chi connectivity index (χ2n) is 6.31. The Morgan fingerprint density at radius 2 is 2.28 bits per heavy atom. The van der Waals surface area contributed by atoms with Gasteiger partial charge in [-0.15, -0.1) is 11.3 Å². The minimum absolute atomic E-state index is 0.185. The van der Waals surface area contributed by atoms with Gasteiger partial charge in [0.25, 0.3) is 5.71 Å². The van der Waals surface area contributed by atoms with Crippen molar-refractivity contribution in [3.05, 3.63) is 34.4 Å². The summed E-state index contributed by atoms with van der Waals surface area (Å²) in [5.41, 5.74) is 1.34. The van der Waals surface area contributed by atoms with Crippen LogP contribution in [0.4, 0.5) is 5.82 Å². The van der Waals surface area contributed by atoms with Crippen molar-refractivity contribution < 1.29 is 9.63 Å². The predicted molar refractivity (Wildman–Crippen MR) is 96.8 cm³/mol. The molecule has 0 saturated carbocycles. The molecule has 0 aliphatic carbocycles. The molecule has 0 unspecified atom stereocenters. The monoisotopic (exact) mass is 359 g/mol. The third-order valence-corrected chi connectivity index (χ3v) is 5.59.